The van der Waals surface area contributed by atoms with E-state index >= 15 is 0 Å². The Labute approximate surface area is 130 Å². The first-order chi connectivity index (χ1) is 10.7. The molecule has 0 saturated heterocycles. The van der Waals surface area contributed by atoms with Crippen molar-refractivity contribution in [3.63, 3.8) is 0 Å². The molecule has 2 aromatic rings. The molecule has 3 N–H and O–H groups in total. The molecule has 0 heterocycles. The molecule has 1 fully saturated rings. The molecule has 1 aliphatic carbocycles. The molecule has 3 rings (SSSR count). The molecule has 22 heavy (non-hydrogen) atoms. The lowest BCUT2D eigenvalue weighted by molar-refractivity contribution is -0.133. The minimum atomic E-state index is -1.21. The van der Waals surface area contributed by atoms with Gasteiger partial charge in [-0.1, -0.05) is 24.3 Å². The average Bonchev–Trinajstić information content (AvgIpc) is 2.97. The van der Waals surface area contributed by atoms with Crippen molar-refractivity contribution in [3.05, 3.63) is 54.6 Å². The molecule has 1 aliphatic rings. The predicted molar refractivity (Wildman–Crippen MR) is 88.2 cm³/mol. The fourth-order valence-electron chi connectivity index (χ4n) is 2.80. The van der Waals surface area contributed by atoms with Gasteiger partial charge in [-0.25, -0.2) is 0 Å². The highest BCUT2D eigenvalue weighted by Gasteiger charge is 2.38. The molecule has 0 atom stereocenters. The van der Waals surface area contributed by atoms with Crippen molar-refractivity contribution in [2.45, 2.75) is 31.3 Å². The largest absolute Gasteiger partial charge is 0.380 e. The second-order valence-corrected chi connectivity index (χ2v) is 5.76. The minimum absolute atomic E-state index is 0.304. The Morgan fingerprint density at radius 3 is 2.27 bits per heavy atom. The number of benzene rings is 2. The summed E-state index contributed by atoms with van der Waals surface area (Å²) in [5.41, 5.74) is 1.36. The van der Waals surface area contributed by atoms with Gasteiger partial charge in [0.1, 0.15) is 5.60 Å². The lowest BCUT2D eigenvalue weighted by atomic mass is 10.0. The maximum atomic E-state index is 12.2. The molecule has 2 aromatic carbocycles. The van der Waals surface area contributed by atoms with Gasteiger partial charge in [0.2, 0.25) is 0 Å². The molecule has 114 valence electrons. The van der Waals surface area contributed by atoms with Gasteiger partial charge in [0.05, 0.1) is 0 Å². The third-order valence-electron chi connectivity index (χ3n) is 4.04. The highest BCUT2D eigenvalue weighted by atomic mass is 16.3. The number of aliphatic hydroxyl groups is 1. The molecule has 0 radical (unpaired) electrons. The molecule has 1 saturated carbocycles. The molecule has 1 amide bonds. The number of hydrogen-bond acceptors (Lipinski definition) is 3. The highest BCUT2D eigenvalue weighted by molar-refractivity contribution is 5.97. The van der Waals surface area contributed by atoms with E-state index in [0.717, 1.165) is 24.2 Å². The maximum absolute atomic E-state index is 12.2. The van der Waals surface area contributed by atoms with Crippen LogP contribution < -0.4 is 10.6 Å². The number of rotatable bonds is 4. The Morgan fingerprint density at radius 2 is 1.55 bits per heavy atom. The number of nitrogens with one attached hydrogen (secondary N) is 2. The Morgan fingerprint density at radius 1 is 0.909 bits per heavy atom. The fraction of sp³-hybridized carbons (Fsp3) is 0.278. The number of hydrogen-bond donors (Lipinski definition) is 3. The summed E-state index contributed by atoms with van der Waals surface area (Å²) >= 11 is 0. The Hall–Kier alpha value is -2.33. The number of para-hydroxylation sites is 1. The van der Waals surface area contributed by atoms with E-state index in [2.05, 4.69) is 10.6 Å². The van der Waals surface area contributed by atoms with E-state index in [1.165, 1.54) is 0 Å². The fourth-order valence-corrected chi connectivity index (χ4v) is 2.80. The van der Waals surface area contributed by atoms with Gasteiger partial charge >= 0.3 is 0 Å². The van der Waals surface area contributed by atoms with E-state index in [-0.39, 0.29) is 5.91 Å². The monoisotopic (exact) mass is 296 g/mol. The van der Waals surface area contributed by atoms with Gasteiger partial charge < -0.3 is 15.7 Å². The van der Waals surface area contributed by atoms with Crippen molar-refractivity contribution in [1.29, 1.82) is 0 Å². The smallest absolute Gasteiger partial charge is 0.256 e. The van der Waals surface area contributed by atoms with Crippen LogP contribution in [0.5, 0.6) is 0 Å². The predicted octanol–water partition coefficient (Wildman–Crippen LogP) is 3.67. The van der Waals surface area contributed by atoms with Crippen LogP contribution in [0.3, 0.4) is 0 Å². The minimum Gasteiger partial charge on any atom is -0.380 e. The zero-order valence-electron chi connectivity index (χ0n) is 12.4. The van der Waals surface area contributed by atoms with E-state index in [4.69, 9.17) is 0 Å². The van der Waals surface area contributed by atoms with Crippen LogP contribution in [0, 0.1) is 0 Å². The molecule has 0 aliphatic heterocycles. The molecule has 4 nitrogen and oxygen atoms in total. The summed E-state index contributed by atoms with van der Waals surface area (Å²) in [5.74, 6) is -0.304. The van der Waals surface area contributed by atoms with Gasteiger partial charge in [0.25, 0.3) is 5.91 Å². The standard InChI is InChI=1S/C18H20N2O2/c21-17(18(22)11-4-5-12-18)20-16-10-6-9-15(13-16)19-14-7-2-1-3-8-14/h1-3,6-10,13,19,22H,4-5,11-12H2,(H,20,21). The van der Waals surface area contributed by atoms with Crippen molar-refractivity contribution in [1.82, 2.24) is 0 Å². The van der Waals surface area contributed by atoms with Crippen molar-refractivity contribution in [2.24, 2.45) is 0 Å². The van der Waals surface area contributed by atoms with E-state index < -0.39 is 5.60 Å². The van der Waals surface area contributed by atoms with Crippen LogP contribution in [0.25, 0.3) is 0 Å². The van der Waals surface area contributed by atoms with Crippen molar-refractivity contribution < 1.29 is 9.90 Å². The molecule has 0 unspecified atom stereocenters. The SMILES string of the molecule is O=C(Nc1cccc(Nc2ccccc2)c1)C1(O)CCCC1. The van der Waals surface area contributed by atoms with Crippen LogP contribution in [-0.4, -0.2) is 16.6 Å². The number of anilines is 3. The molecule has 0 aromatic heterocycles. The van der Waals surface area contributed by atoms with Crippen LogP contribution in [0.1, 0.15) is 25.7 Å². The summed E-state index contributed by atoms with van der Waals surface area (Å²) in [6, 6.07) is 17.3. The quantitative estimate of drug-likeness (QED) is 0.806. The van der Waals surface area contributed by atoms with Gasteiger partial charge in [-0.3, -0.25) is 4.79 Å². The number of carbonyl (C=O) groups excluding carboxylic acids is 1. The number of amides is 1. The Balaban J connectivity index is 1.70. The third-order valence-corrected chi connectivity index (χ3v) is 4.04. The van der Waals surface area contributed by atoms with Crippen LogP contribution >= 0.6 is 0 Å². The van der Waals surface area contributed by atoms with Gasteiger partial charge in [0, 0.05) is 17.1 Å². The van der Waals surface area contributed by atoms with Crippen molar-refractivity contribution >= 4 is 23.0 Å². The average molecular weight is 296 g/mol. The van der Waals surface area contributed by atoms with Gasteiger partial charge in [-0.2, -0.15) is 0 Å². The second-order valence-electron chi connectivity index (χ2n) is 5.76. The lowest BCUT2D eigenvalue weighted by Gasteiger charge is -2.21. The molecule has 0 bridgehead atoms. The van der Waals surface area contributed by atoms with E-state index in [9.17, 15) is 9.90 Å². The zero-order valence-corrected chi connectivity index (χ0v) is 12.4. The van der Waals surface area contributed by atoms with E-state index in [1.54, 1.807) is 0 Å². The first-order valence-corrected chi connectivity index (χ1v) is 7.62. The van der Waals surface area contributed by atoms with Crippen molar-refractivity contribution in [2.75, 3.05) is 10.6 Å². The van der Waals surface area contributed by atoms with Crippen LogP contribution in [0.4, 0.5) is 17.1 Å². The molecule has 4 heteroatoms. The Bertz CT molecular complexity index is 649. The van der Waals surface area contributed by atoms with Crippen molar-refractivity contribution in [3.8, 4) is 0 Å². The van der Waals surface area contributed by atoms with E-state index in [1.807, 2.05) is 54.6 Å². The topological polar surface area (TPSA) is 61.4 Å². The van der Waals surface area contributed by atoms with Gasteiger partial charge in [-0.05, 0) is 56.0 Å². The van der Waals surface area contributed by atoms with Crippen LogP contribution in [-0.2, 0) is 4.79 Å². The summed E-state index contributed by atoms with van der Waals surface area (Å²) in [5, 5.41) is 16.4. The first kappa shape index (κ1) is 14.6. The zero-order chi connectivity index (χ0) is 15.4. The van der Waals surface area contributed by atoms with Crippen LogP contribution in [0.15, 0.2) is 54.6 Å². The lowest BCUT2D eigenvalue weighted by Crippen LogP contribution is -2.40. The Kier molecular flexibility index (Phi) is 4.11. The highest BCUT2D eigenvalue weighted by Crippen LogP contribution is 2.31. The maximum Gasteiger partial charge on any atom is 0.256 e. The van der Waals surface area contributed by atoms with Gasteiger partial charge in [-0.15, -0.1) is 0 Å². The molecule has 0 spiro atoms. The number of carbonyl (C=O) groups is 1. The summed E-state index contributed by atoms with van der Waals surface area (Å²) < 4.78 is 0. The van der Waals surface area contributed by atoms with Crippen LogP contribution in [0.2, 0.25) is 0 Å². The summed E-state index contributed by atoms with van der Waals surface area (Å²) in [7, 11) is 0. The van der Waals surface area contributed by atoms with Gasteiger partial charge in [0.15, 0.2) is 0 Å². The summed E-state index contributed by atoms with van der Waals surface area (Å²) in [6.07, 6.45) is 2.89. The summed E-state index contributed by atoms with van der Waals surface area (Å²) in [4.78, 5) is 12.2. The first-order valence-electron chi connectivity index (χ1n) is 7.62. The normalized spacial score (nSPS) is 16.2. The third kappa shape index (κ3) is 3.28. The summed E-state index contributed by atoms with van der Waals surface area (Å²) in [6.45, 7) is 0. The molecular weight excluding hydrogens is 276 g/mol. The van der Waals surface area contributed by atoms with E-state index in [0.29, 0.717) is 18.5 Å². The molecular formula is C18H20N2O2. The second kappa shape index (κ2) is 6.20.